The standard InChI is InChI=1S/C31H36N8S3/c1-4-5-6-9-18-40-30-21-32-31(42-30)38-36-27-13-10-24(19-23(27)3)33-35-26-12-11-25(20-22(26)2)34-37-28-14-15-29(41-28)39-16-7-8-17-39/h10-15,19-21H,4-9,16-18H2,1-3H3. The van der Waals surface area contributed by atoms with Gasteiger partial charge in [0.05, 0.1) is 38.2 Å². The largest absolute Gasteiger partial charge is 0.363 e. The van der Waals surface area contributed by atoms with Crippen molar-refractivity contribution in [2.75, 3.05) is 23.7 Å². The first kappa shape index (κ1) is 30.2. The second-order valence-corrected chi connectivity index (χ2v) is 13.7. The maximum absolute atomic E-state index is 4.48. The summed E-state index contributed by atoms with van der Waals surface area (Å²) in [7, 11) is 0. The lowest BCUT2D eigenvalue weighted by atomic mass is 10.2. The summed E-state index contributed by atoms with van der Waals surface area (Å²) in [5.41, 5.74) is 5.12. The zero-order valence-electron chi connectivity index (χ0n) is 24.4. The number of aryl methyl sites for hydroxylation is 2. The van der Waals surface area contributed by atoms with E-state index in [1.165, 1.54) is 47.7 Å². The predicted molar refractivity (Wildman–Crippen MR) is 178 cm³/mol. The molecule has 3 heterocycles. The zero-order chi connectivity index (χ0) is 29.1. The van der Waals surface area contributed by atoms with Gasteiger partial charge in [-0.05, 0) is 98.5 Å². The third kappa shape index (κ3) is 8.62. The number of rotatable bonds is 13. The van der Waals surface area contributed by atoms with Crippen LogP contribution in [-0.4, -0.2) is 23.8 Å². The summed E-state index contributed by atoms with van der Waals surface area (Å²) >= 11 is 5.12. The summed E-state index contributed by atoms with van der Waals surface area (Å²) in [6.45, 7) is 8.51. The Morgan fingerprint density at radius 2 is 1.45 bits per heavy atom. The molecular formula is C31H36N8S3. The van der Waals surface area contributed by atoms with E-state index in [1.54, 1.807) is 22.7 Å². The first-order valence-electron chi connectivity index (χ1n) is 14.5. The highest BCUT2D eigenvalue weighted by Gasteiger charge is 2.14. The van der Waals surface area contributed by atoms with Crippen molar-refractivity contribution in [3.8, 4) is 0 Å². The van der Waals surface area contributed by atoms with Crippen LogP contribution in [0.4, 0.5) is 37.9 Å². The van der Waals surface area contributed by atoms with Crippen molar-refractivity contribution in [1.29, 1.82) is 0 Å². The quantitative estimate of drug-likeness (QED) is 0.0850. The molecule has 0 atom stereocenters. The second-order valence-electron chi connectivity index (χ2n) is 10.2. The van der Waals surface area contributed by atoms with Crippen molar-refractivity contribution in [2.24, 2.45) is 30.7 Å². The molecule has 0 radical (unpaired) electrons. The van der Waals surface area contributed by atoms with Gasteiger partial charge in [-0.3, -0.25) is 0 Å². The summed E-state index contributed by atoms with van der Waals surface area (Å²) in [6.07, 6.45) is 9.52. The van der Waals surface area contributed by atoms with Gasteiger partial charge in [0.1, 0.15) is 5.00 Å². The van der Waals surface area contributed by atoms with Gasteiger partial charge in [-0.2, -0.15) is 10.2 Å². The van der Waals surface area contributed by atoms with Crippen LogP contribution in [0.15, 0.2) is 89.6 Å². The van der Waals surface area contributed by atoms with Crippen LogP contribution in [0.2, 0.25) is 0 Å². The third-order valence-electron chi connectivity index (χ3n) is 6.85. The number of thioether (sulfide) groups is 1. The Morgan fingerprint density at radius 1 is 0.762 bits per heavy atom. The molecule has 0 aliphatic carbocycles. The molecule has 1 aliphatic heterocycles. The van der Waals surface area contributed by atoms with Gasteiger partial charge in [-0.25, -0.2) is 4.98 Å². The minimum atomic E-state index is 0.676. The molecule has 5 rings (SSSR count). The Kier molecular flexibility index (Phi) is 11.0. The first-order valence-corrected chi connectivity index (χ1v) is 17.1. The molecule has 2 aromatic carbocycles. The van der Waals surface area contributed by atoms with Crippen LogP contribution in [-0.2, 0) is 0 Å². The second kappa shape index (κ2) is 15.3. The monoisotopic (exact) mass is 616 g/mol. The lowest BCUT2D eigenvalue weighted by Gasteiger charge is -2.13. The molecule has 2 aromatic heterocycles. The fourth-order valence-electron chi connectivity index (χ4n) is 4.49. The van der Waals surface area contributed by atoms with Crippen LogP contribution in [0, 0.1) is 13.8 Å². The Morgan fingerprint density at radius 3 is 2.14 bits per heavy atom. The Labute approximate surface area is 260 Å². The van der Waals surface area contributed by atoms with Gasteiger partial charge in [0.2, 0.25) is 5.13 Å². The highest BCUT2D eigenvalue weighted by molar-refractivity contribution is 8.01. The third-order valence-corrected chi connectivity index (χ3v) is 10.0. The normalized spacial score (nSPS) is 13.9. The SMILES string of the molecule is CCCCCCSc1cnc(N=Nc2ccc(N=Nc3ccc(N=Nc4ccc(N5CCCC5)s4)cc3C)cc2C)s1. The summed E-state index contributed by atoms with van der Waals surface area (Å²) in [5, 5.41) is 29.5. The zero-order valence-corrected chi connectivity index (χ0v) is 26.8. The molecule has 0 amide bonds. The van der Waals surface area contributed by atoms with Crippen LogP contribution >= 0.6 is 34.4 Å². The lowest BCUT2D eigenvalue weighted by Crippen LogP contribution is -2.15. The number of aromatic nitrogens is 1. The van der Waals surface area contributed by atoms with Gasteiger partial charge in [-0.1, -0.05) is 48.9 Å². The molecule has 11 heteroatoms. The number of thiazole rings is 1. The number of azo groups is 3. The highest BCUT2D eigenvalue weighted by Crippen LogP contribution is 2.36. The predicted octanol–water partition coefficient (Wildman–Crippen LogP) is 12.3. The highest BCUT2D eigenvalue weighted by atomic mass is 32.2. The maximum Gasteiger partial charge on any atom is 0.230 e. The molecule has 4 aromatic rings. The fraction of sp³-hybridized carbons (Fsp3) is 0.387. The van der Waals surface area contributed by atoms with Gasteiger partial charge >= 0.3 is 0 Å². The van der Waals surface area contributed by atoms with E-state index < -0.39 is 0 Å². The number of unbranched alkanes of at least 4 members (excludes halogenated alkanes) is 3. The number of anilines is 1. The van der Waals surface area contributed by atoms with Crippen LogP contribution in [0.25, 0.3) is 0 Å². The molecule has 1 saturated heterocycles. The van der Waals surface area contributed by atoms with Gasteiger partial charge in [0.25, 0.3) is 0 Å². The molecular weight excluding hydrogens is 581 g/mol. The molecule has 0 spiro atoms. The maximum atomic E-state index is 4.48. The van der Waals surface area contributed by atoms with E-state index in [4.69, 9.17) is 0 Å². The van der Waals surface area contributed by atoms with Crippen molar-refractivity contribution in [2.45, 2.75) is 63.5 Å². The minimum Gasteiger partial charge on any atom is -0.363 e. The summed E-state index contributed by atoms with van der Waals surface area (Å²) in [6, 6.07) is 15.8. The Hall–Kier alpha value is -3.28. The Balaban J connectivity index is 1.15. The lowest BCUT2D eigenvalue weighted by molar-refractivity contribution is 0.706. The van der Waals surface area contributed by atoms with Crippen LogP contribution in [0.3, 0.4) is 0 Å². The number of thiophene rings is 1. The van der Waals surface area contributed by atoms with Crippen molar-refractivity contribution in [3.05, 3.63) is 65.9 Å². The average molecular weight is 617 g/mol. The number of hydrogen-bond acceptors (Lipinski definition) is 11. The van der Waals surface area contributed by atoms with Crippen molar-refractivity contribution < 1.29 is 0 Å². The van der Waals surface area contributed by atoms with Crippen molar-refractivity contribution in [3.63, 3.8) is 0 Å². The number of benzene rings is 2. The summed E-state index contributed by atoms with van der Waals surface area (Å²) in [5.74, 6) is 1.12. The van der Waals surface area contributed by atoms with Gasteiger partial charge in [0, 0.05) is 13.1 Å². The van der Waals surface area contributed by atoms with E-state index in [0.29, 0.717) is 5.13 Å². The summed E-state index contributed by atoms with van der Waals surface area (Å²) < 4.78 is 1.19. The molecule has 0 saturated carbocycles. The van der Waals surface area contributed by atoms with Gasteiger partial charge in [-0.15, -0.1) is 32.2 Å². The van der Waals surface area contributed by atoms with Crippen LogP contribution in [0.5, 0.6) is 0 Å². The average Bonchev–Trinajstić information content (AvgIpc) is 3.78. The molecule has 0 N–H and O–H groups in total. The van der Waals surface area contributed by atoms with Crippen molar-refractivity contribution >= 4 is 72.3 Å². The first-order chi connectivity index (χ1) is 20.6. The van der Waals surface area contributed by atoms with E-state index in [-0.39, 0.29) is 0 Å². The molecule has 42 heavy (non-hydrogen) atoms. The van der Waals surface area contributed by atoms with Crippen molar-refractivity contribution in [1.82, 2.24) is 4.98 Å². The Bertz CT molecular complexity index is 1550. The molecule has 218 valence electrons. The number of hydrogen-bond donors (Lipinski definition) is 0. The number of nitrogens with zero attached hydrogens (tertiary/aromatic N) is 8. The minimum absolute atomic E-state index is 0.676. The molecule has 1 fully saturated rings. The molecule has 1 aliphatic rings. The van der Waals surface area contributed by atoms with E-state index in [2.05, 4.69) is 53.6 Å². The van der Waals surface area contributed by atoms with E-state index in [0.717, 1.165) is 57.7 Å². The van der Waals surface area contributed by atoms with Gasteiger partial charge in [0.15, 0.2) is 0 Å². The van der Waals surface area contributed by atoms with Gasteiger partial charge < -0.3 is 4.90 Å². The van der Waals surface area contributed by atoms with E-state index >= 15 is 0 Å². The summed E-state index contributed by atoms with van der Waals surface area (Å²) in [4.78, 5) is 6.82. The fourth-order valence-corrected chi connectivity index (χ4v) is 7.23. The topological polar surface area (TPSA) is 90.3 Å². The van der Waals surface area contributed by atoms with E-state index in [9.17, 15) is 0 Å². The molecule has 0 unspecified atom stereocenters. The van der Waals surface area contributed by atoms with Crippen LogP contribution in [0.1, 0.15) is 56.6 Å². The smallest absolute Gasteiger partial charge is 0.230 e. The van der Waals surface area contributed by atoms with Crippen LogP contribution < -0.4 is 4.90 Å². The molecule has 8 nitrogen and oxygen atoms in total. The molecule has 0 bridgehead atoms. The van der Waals surface area contributed by atoms with E-state index in [1.807, 2.05) is 74.3 Å².